The number of carbonyl (C=O) groups excluding carboxylic acids is 3. The molecule has 2 atom stereocenters. The number of allylic oxidation sites excluding steroid dienone is 2. The predicted octanol–water partition coefficient (Wildman–Crippen LogP) is 1.58. The third-order valence-corrected chi connectivity index (χ3v) is 3.96. The maximum absolute atomic E-state index is 12.2. The third kappa shape index (κ3) is 2.59. The summed E-state index contributed by atoms with van der Waals surface area (Å²) < 4.78 is 0. The molecule has 3 rings (SSSR count). The molecule has 5 nitrogen and oxygen atoms in total. The van der Waals surface area contributed by atoms with Gasteiger partial charge in [-0.3, -0.25) is 19.3 Å². The molecule has 21 heavy (non-hydrogen) atoms. The van der Waals surface area contributed by atoms with Crippen LogP contribution in [0.25, 0.3) is 0 Å². The second-order valence-corrected chi connectivity index (χ2v) is 5.33. The monoisotopic (exact) mass is 284 g/mol. The minimum atomic E-state index is -0.352. The molecule has 0 spiro atoms. The highest BCUT2D eigenvalue weighted by molar-refractivity contribution is 6.08. The summed E-state index contributed by atoms with van der Waals surface area (Å²) in [6.07, 6.45) is 5.04. The molecule has 1 aromatic carbocycles. The first-order chi connectivity index (χ1) is 10.2. The number of likely N-dealkylation sites (tertiary alicyclic amines) is 1. The van der Waals surface area contributed by atoms with Gasteiger partial charge in [0.25, 0.3) is 0 Å². The van der Waals surface area contributed by atoms with E-state index in [-0.39, 0.29) is 36.1 Å². The summed E-state index contributed by atoms with van der Waals surface area (Å²) in [4.78, 5) is 37.5. The van der Waals surface area contributed by atoms with Crippen molar-refractivity contribution in [3.63, 3.8) is 0 Å². The van der Waals surface area contributed by atoms with Crippen molar-refractivity contribution in [3.05, 3.63) is 42.5 Å². The summed E-state index contributed by atoms with van der Waals surface area (Å²) in [6, 6.07) is 8.98. The van der Waals surface area contributed by atoms with Crippen molar-refractivity contribution in [2.75, 3.05) is 11.9 Å². The van der Waals surface area contributed by atoms with Crippen LogP contribution in [0, 0.1) is 11.8 Å². The SMILES string of the molecule is O=C(CN1C(=O)[C@H]2CC=CC[C@@H]2C1=O)Nc1ccccc1. The Bertz CT molecular complexity index is 583. The zero-order valence-electron chi connectivity index (χ0n) is 11.5. The average Bonchev–Trinajstić information content (AvgIpc) is 2.74. The van der Waals surface area contributed by atoms with Gasteiger partial charge in [-0.25, -0.2) is 0 Å². The van der Waals surface area contributed by atoms with Crippen molar-refractivity contribution in [2.45, 2.75) is 12.8 Å². The summed E-state index contributed by atoms with van der Waals surface area (Å²) in [5.41, 5.74) is 0.653. The fraction of sp³-hybridized carbons (Fsp3) is 0.312. The Balaban J connectivity index is 1.66. The normalized spacial score (nSPS) is 24.1. The Morgan fingerprint density at radius 3 is 2.19 bits per heavy atom. The number of benzene rings is 1. The van der Waals surface area contributed by atoms with Gasteiger partial charge < -0.3 is 5.32 Å². The molecule has 0 bridgehead atoms. The van der Waals surface area contributed by atoms with Crippen LogP contribution in [0.5, 0.6) is 0 Å². The van der Waals surface area contributed by atoms with Crippen molar-refractivity contribution in [2.24, 2.45) is 11.8 Å². The molecule has 1 aromatic rings. The molecule has 0 radical (unpaired) electrons. The predicted molar refractivity (Wildman–Crippen MR) is 77.1 cm³/mol. The minimum absolute atomic E-state index is 0.209. The van der Waals surface area contributed by atoms with Crippen LogP contribution in [0.2, 0.25) is 0 Å². The first-order valence-corrected chi connectivity index (χ1v) is 7.02. The Kier molecular flexibility index (Phi) is 3.56. The Morgan fingerprint density at radius 2 is 1.62 bits per heavy atom. The number of amides is 3. The summed E-state index contributed by atoms with van der Waals surface area (Å²) >= 11 is 0. The summed E-state index contributed by atoms with van der Waals surface area (Å²) in [5.74, 6) is -1.37. The van der Waals surface area contributed by atoms with Gasteiger partial charge in [0.15, 0.2) is 0 Å². The van der Waals surface area contributed by atoms with Crippen LogP contribution in [-0.4, -0.2) is 29.2 Å². The van der Waals surface area contributed by atoms with Crippen LogP contribution in [0.4, 0.5) is 5.69 Å². The van der Waals surface area contributed by atoms with E-state index < -0.39 is 0 Å². The van der Waals surface area contributed by atoms with E-state index in [9.17, 15) is 14.4 Å². The maximum atomic E-state index is 12.2. The number of hydrogen-bond donors (Lipinski definition) is 1. The molecule has 1 fully saturated rings. The van der Waals surface area contributed by atoms with Gasteiger partial charge in [0, 0.05) is 5.69 Å². The zero-order chi connectivity index (χ0) is 14.8. The molecule has 2 aliphatic rings. The molecule has 1 aliphatic carbocycles. The molecule has 0 saturated carbocycles. The zero-order valence-corrected chi connectivity index (χ0v) is 11.5. The number of nitrogens with zero attached hydrogens (tertiary/aromatic N) is 1. The molecule has 3 amide bonds. The summed E-state index contributed by atoms with van der Waals surface area (Å²) in [6.45, 7) is -0.209. The van der Waals surface area contributed by atoms with E-state index in [0.29, 0.717) is 18.5 Å². The van der Waals surface area contributed by atoms with Gasteiger partial charge >= 0.3 is 0 Å². The lowest BCUT2D eigenvalue weighted by Gasteiger charge is -2.14. The van der Waals surface area contributed by atoms with Gasteiger partial charge in [-0.2, -0.15) is 0 Å². The highest BCUT2D eigenvalue weighted by atomic mass is 16.2. The van der Waals surface area contributed by atoms with Crippen molar-refractivity contribution >= 4 is 23.4 Å². The Morgan fingerprint density at radius 1 is 1.05 bits per heavy atom. The fourth-order valence-corrected chi connectivity index (χ4v) is 2.89. The minimum Gasteiger partial charge on any atom is -0.325 e. The van der Waals surface area contributed by atoms with Crippen molar-refractivity contribution in [1.82, 2.24) is 4.90 Å². The largest absolute Gasteiger partial charge is 0.325 e. The number of hydrogen-bond acceptors (Lipinski definition) is 3. The molecule has 5 heteroatoms. The Labute approximate surface area is 122 Å². The van der Waals surface area contributed by atoms with E-state index in [1.165, 1.54) is 0 Å². The molecule has 1 aliphatic heterocycles. The number of fused-ring (bicyclic) bond motifs is 1. The second-order valence-electron chi connectivity index (χ2n) is 5.33. The molecule has 1 saturated heterocycles. The molecule has 1 heterocycles. The first kappa shape index (κ1) is 13.5. The van der Waals surface area contributed by atoms with Gasteiger partial charge in [0.05, 0.1) is 11.8 Å². The van der Waals surface area contributed by atoms with E-state index in [1.807, 2.05) is 30.4 Å². The second kappa shape index (κ2) is 5.52. The van der Waals surface area contributed by atoms with Gasteiger partial charge in [-0.1, -0.05) is 30.4 Å². The molecular weight excluding hydrogens is 268 g/mol. The molecule has 0 unspecified atom stereocenters. The van der Waals surface area contributed by atoms with E-state index >= 15 is 0 Å². The maximum Gasteiger partial charge on any atom is 0.244 e. The van der Waals surface area contributed by atoms with Crippen LogP contribution in [0.1, 0.15) is 12.8 Å². The van der Waals surface area contributed by atoms with E-state index in [2.05, 4.69) is 5.32 Å². The van der Waals surface area contributed by atoms with E-state index in [0.717, 1.165) is 4.90 Å². The van der Waals surface area contributed by atoms with Crippen molar-refractivity contribution in [1.29, 1.82) is 0 Å². The number of rotatable bonds is 3. The lowest BCUT2D eigenvalue weighted by Crippen LogP contribution is -2.38. The number of nitrogens with one attached hydrogen (secondary N) is 1. The average molecular weight is 284 g/mol. The van der Waals surface area contributed by atoms with Crippen molar-refractivity contribution in [3.8, 4) is 0 Å². The highest BCUT2D eigenvalue weighted by Gasteiger charge is 2.47. The van der Waals surface area contributed by atoms with Gasteiger partial charge in [-0.15, -0.1) is 0 Å². The van der Waals surface area contributed by atoms with Gasteiger partial charge in [0.2, 0.25) is 17.7 Å². The van der Waals surface area contributed by atoms with Crippen LogP contribution < -0.4 is 5.32 Å². The fourth-order valence-electron chi connectivity index (χ4n) is 2.89. The first-order valence-electron chi connectivity index (χ1n) is 7.02. The van der Waals surface area contributed by atoms with Crippen LogP contribution >= 0.6 is 0 Å². The number of para-hydroxylation sites is 1. The topological polar surface area (TPSA) is 66.5 Å². The third-order valence-electron chi connectivity index (χ3n) is 3.96. The summed E-state index contributed by atoms with van der Waals surface area (Å²) in [7, 11) is 0. The number of anilines is 1. The highest BCUT2D eigenvalue weighted by Crippen LogP contribution is 2.34. The van der Waals surface area contributed by atoms with Crippen molar-refractivity contribution < 1.29 is 14.4 Å². The van der Waals surface area contributed by atoms with Gasteiger partial charge in [-0.05, 0) is 25.0 Å². The van der Waals surface area contributed by atoms with Crippen LogP contribution in [0.15, 0.2) is 42.5 Å². The quantitative estimate of drug-likeness (QED) is 0.677. The number of imide groups is 1. The Hall–Kier alpha value is -2.43. The van der Waals surface area contributed by atoms with Crippen LogP contribution in [0.3, 0.4) is 0 Å². The van der Waals surface area contributed by atoms with E-state index in [1.54, 1.807) is 12.1 Å². The van der Waals surface area contributed by atoms with Crippen LogP contribution in [-0.2, 0) is 14.4 Å². The number of carbonyl (C=O) groups is 3. The summed E-state index contributed by atoms with van der Waals surface area (Å²) in [5, 5.41) is 2.69. The lowest BCUT2D eigenvalue weighted by atomic mass is 9.85. The van der Waals surface area contributed by atoms with Gasteiger partial charge in [0.1, 0.15) is 6.54 Å². The molecule has 1 N–H and O–H groups in total. The molecular formula is C16H16N2O3. The van der Waals surface area contributed by atoms with E-state index in [4.69, 9.17) is 0 Å². The lowest BCUT2D eigenvalue weighted by molar-refractivity contribution is -0.142. The smallest absolute Gasteiger partial charge is 0.244 e. The molecule has 0 aromatic heterocycles. The molecule has 108 valence electrons. The standard InChI is InChI=1S/C16H16N2O3/c19-14(17-11-6-2-1-3-7-11)10-18-15(20)12-8-4-5-9-13(12)16(18)21/h1-7,12-13H,8-10H2,(H,17,19)/t12-,13-/m0/s1.